The van der Waals surface area contributed by atoms with E-state index in [0.29, 0.717) is 35.6 Å². The molecule has 0 saturated carbocycles. The molecule has 0 aromatic heterocycles. The number of nitrogens with zero attached hydrogens (tertiary/aromatic N) is 3. The van der Waals surface area contributed by atoms with Gasteiger partial charge in [0.15, 0.2) is 0 Å². The second-order valence-electron chi connectivity index (χ2n) is 8.24. The minimum Gasteiger partial charge on any atom is -0.364 e. The molecule has 1 fully saturated rings. The van der Waals surface area contributed by atoms with Crippen molar-refractivity contribution in [2.24, 2.45) is 0 Å². The van der Waals surface area contributed by atoms with Crippen LogP contribution in [-0.2, 0) is 20.9 Å². The minimum atomic E-state index is -0.311. The predicted molar refractivity (Wildman–Crippen MR) is 128 cm³/mol. The number of imide groups is 1. The van der Waals surface area contributed by atoms with E-state index in [9.17, 15) is 14.4 Å². The molecule has 2 aliphatic heterocycles. The van der Waals surface area contributed by atoms with Gasteiger partial charge < -0.3 is 10.2 Å². The van der Waals surface area contributed by atoms with E-state index in [1.165, 1.54) is 17.4 Å². The van der Waals surface area contributed by atoms with Crippen molar-refractivity contribution in [3.63, 3.8) is 0 Å². The summed E-state index contributed by atoms with van der Waals surface area (Å²) in [7, 11) is 0. The van der Waals surface area contributed by atoms with Crippen molar-refractivity contribution in [2.45, 2.75) is 13.5 Å². The summed E-state index contributed by atoms with van der Waals surface area (Å²) in [5, 5.41) is 2.72. The Morgan fingerprint density at radius 2 is 1.64 bits per heavy atom. The monoisotopic (exact) mass is 444 g/mol. The van der Waals surface area contributed by atoms with Crippen LogP contribution in [0.1, 0.15) is 18.1 Å². The second-order valence-corrected chi connectivity index (χ2v) is 8.24. The number of amides is 3. The van der Waals surface area contributed by atoms with Crippen molar-refractivity contribution < 1.29 is 14.4 Å². The topological polar surface area (TPSA) is 73.0 Å². The maximum absolute atomic E-state index is 13.3. The molecule has 0 atom stereocenters. The number of rotatable bonds is 7. The number of anilines is 1. The summed E-state index contributed by atoms with van der Waals surface area (Å²) in [5.41, 5.74) is 3.42. The molecule has 4 rings (SSSR count). The van der Waals surface area contributed by atoms with Gasteiger partial charge in [-0.2, -0.15) is 0 Å². The molecule has 1 saturated heterocycles. The highest BCUT2D eigenvalue weighted by Crippen LogP contribution is 2.32. The first-order valence-electron chi connectivity index (χ1n) is 11.1. The van der Waals surface area contributed by atoms with Crippen LogP contribution < -0.4 is 5.32 Å². The predicted octanol–water partition coefficient (Wildman–Crippen LogP) is 2.73. The van der Waals surface area contributed by atoms with Crippen LogP contribution in [-0.4, -0.2) is 65.1 Å². The van der Waals surface area contributed by atoms with Crippen LogP contribution in [0, 0.1) is 0 Å². The van der Waals surface area contributed by atoms with E-state index >= 15 is 0 Å². The van der Waals surface area contributed by atoms with Crippen molar-refractivity contribution >= 4 is 29.0 Å². The normalized spacial score (nSPS) is 17.0. The number of hydrogen-bond donors (Lipinski definition) is 1. The van der Waals surface area contributed by atoms with E-state index in [2.05, 4.69) is 28.9 Å². The van der Waals surface area contributed by atoms with Gasteiger partial charge in [0.05, 0.1) is 5.57 Å². The van der Waals surface area contributed by atoms with Crippen molar-refractivity contribution in [1.29, 1.82) is 0 Å². The third-order valence-corrected chi connectivity index (χ3v) is 5.89. The second kappa shape index (κ2) is 9.83. The maximum atomic E-state index is 13.3. The van der Waals surface area contributed by atoms with Crippen LogP contribution in [0.3, 0.4) is 0 Å². The molecule has 33 heavy (non-hydrogen) atoms. The number of hydrogen-bond acceptors (Lipinski definition) is 5. The van der Waals surface area contributed by atoms with Gasteiger partial charge in [0.25, 0.3) is 11.8 Å². The molecule has 170 valence electrons. The van der Waals surface area contributed by atoms with E-state index < -0.39 is 0 Å². The zero-order valence-electron chi connectivity index (χ0n) is 18.8. The molecule has 0 unspecified atom stereocenters. The summed E-state index contributed by atoms with van der Waals surface area (Å²) < 4.78 is 0. The Balaban J connectivity index is 1.57. The summed E-state index contributed by atoms with van der Waals surface area (Å²) in [4.78, 5) is 43.4. The molecular weight excluding hydrogens is 416 g/mol. The van der Waals surface area contributed by atoms with Crippen LogP contribution in [0.25, 0.3) is 5.57 Å². The summed E-state index contributed by atoms with van der Waals surface area (Å²) in [6, 6.07) is 17.3. The first-order valence-corrected chi connectivity index (χ1v) is 11.1. The molecule has 0 radical (unpaired) electrons. The van der Waals surface area contributed by atoms with Crippen LogP contribution >= 0.6 is 0 Å². The number of piperazine rings is 1. The van der Waals surface area contributed by atoms with Gasteiger partial charge in [-0.05, 0) is 23.3 Å². The van der Waals surface area contributed by atoms with E-state index in [4.69, 9.17) is 0 Å². The van der Waals surface area contributed by atoms with Gasteiger partial charge in [-0.15, -0.1) is 6.58 Å². The van der Waals surface area contributed by atoms with Gasteiger partial charge in [0, 0.05) is 51.9 Å². The number of nitrogens with one attached hydrogen (secondary N) is 1. The van der Waals surface area contributed by atoms with Crippen LogP contribution in [0.15, 0.2) is 72.9 Å². The Bertz CT molecular complexity index is 1080. The van der Waals surface area contributed by atoms with E-state index in [0.717, 1.165) is 19.6 Å². The summed E-state index contributed by atoms with van der Waals surface area (Å²) in [6.45, 7) is 9.10. The minimum absolute atomic E-state index is 0.166. The summed E-state index contributed by atoms with van der Waals surface area (Å²) >= 11 is 0. The third kappa shape index (κ3) is 4.88. The van der Waals surface area contributed by atoms with Crippen molar-refractivity contribution in [1.82, 2.24) is 14.7 Å². The van der Waals surface area contributed by atoms with Gasteiger partial charge in [-0.3, -0.25) is 24.2 Å². The fourth-order valence-corrected chi connectivity index (χ4v) is 4.31. The van der Waals surface area contributed by atoms with Crippen LogP contribution in [0.5, 0.6) is 0 Å². The zero-order chi connectivity index (χ0) is 23.4. The Hall–Kier alpha value is -3.71. The van der Waals surface area contributed by atoms with E-state index in [1.807, 2.05) is 23.1 Å². The molecule has 7 heteroatoms. The first-order chi connectivity index (χ1) is 16.0. The Labute approximate surface area is 194 Å². The number of carbonyl (C=O) groups excluding carboxylic acids is 3. The first kappa shape index (κ1) is 22.5. The smallest absolute Gasteiger partial charge is 0.278 e. The fraction of sp³-hybridized carbons (Fsp3) is 0.269. The standard InChI is InChI=1S/C26H28N4O3/c1-3-13-30-25(32)23(21-9-11-22(12-10-21)27-19(2)31)24(26(30)33)29-16-14-28(15-17-29)18-20-7-5-4-6-8-20/h3-12H,1,13-18H2,2H3,(H,27,31). The molecule has 3 amide bonds. The molecule has 7 nitrogen and oxygen atoms in total. The zero-order valence-corrected chi connectivity index (χ0v) is 18.8. The van der Waals surface area contributed by atoms with E-state index in [1.54, 1.807) is 30.3 Å². The lowest BCUT2D eigenvalue weighted by atomic mass is 10.0. The van der Waals surface area contributed by atoms with Gasteiger partial charge in [0.1, 0.15) is 5.70 Å². The van der Waals surface area contributed by atoms with E-state index in [-0.39, 0.29) is 24.3 Å². The Kier molecular flexibility index (Phi) is 6.70. The molecule has 2 aliphatic rings. The van der Waals surface area contributed by atoms with Gasteiger partial charge in [-0.25, -0.2) is 0 Å². The molecule has 0 bridgehead atoms. The molecular formula is C26H28N4O3. The number of carbonyl (C=O) groups is 3. The van der Waals surface area contributed by atoms with Gasteiger partial charge >= 0.3 is 0 Å². The van der Waals surface area contributed by atoms with Crippen molar-refractivity contribution in [2.75, 3.05) is 38.0 Å². The van der Waals surface area contributed by atoms with Gasteiger partial charge in [0.2, 0.25) is 5.91 Å². The van der Waals surface area contributed by atoms with Crippen LogP contribution in [0.2, 0.25) is 0 Å². The molecule has 2 aromatic rings. The molecule has 2 aromatic carbocycles. The average molecular weight is 445 g/mol. The quantitative estimate of drug-likeness (QED) is 0.525. The fourth-order valence-electron chi connectivity index (χ4n) is 4.31. The lowest BCUT2D eigenvalue weighted by molar-refractivity contribution is -0.137. The highest BCUT2D eigenvalue weighted by atomic mass is 16.2. The molecule has 1 N–H and O–H groups in total. The molecule has 2 heterocycles. The number of benzene rings is 2. The summed E-state index contributed by atoms with van der Waals surface area (Å²) in [6.07, 6.45) is 1.56. The highest BCUT2D eigenvalue weighted by molar-refractivity contribution is 6.35. The SMILES string of the molecule is C=CCN1C(=O)C(c2ccc(NC(C)=O)cc2)=C(N2CCN(Cc3ccccc3)CC2)C1=O. The lowest BCUT2D eigenvalue weighted by Crippen LogP contribution is -2.47. The largest absolute Gasteiger partial charge is 0.364 e. The third-order valence-electron chi connectivity index (χ3n) is 5.89. The highest BCUT2D eigenvalue weighted by Gasteiger charge is 2.41. The van der Waals surface area contributed by atoms with Gasteiger partial charge in [-0.1, -0.05) is 48.5 Å². The molecule has 0 aliphatic carbocycles. The average Bonchev–Trinajstić information content (AvgIpc) is 3.06. The lowest BCUT2D eigenvalue weighted by Gasteiger charge is -2.36. The maximum Gasteiger partial charge on any atom is 0.278 e. The Morgan fingerprint density at radius 3 is 2.24 bits per heavy atom. The van der Waals surface area contributed by atoms with Crippen LogP contribution in [0.4, 0.5) is 5.69 Å². The Morgan fingerprint density at radius 1 is 0.970 bits per heavy atom. The van der Waals surface area contributed by atoms with Crippen molar-refractivity contribution in [3.05, 3.63) is 84.1 Å². The molecule has 0 spiro atoms. The summed E-state index contributed by atoms with van der Waals surface area (Å²) in [5.74, 6) is -0.758. The van der Waals surface area contributed by atoms with Crippen molar-refractivity contribution in [3.8, 4) is 0 Å².